The van der Waals surface area contributed by atoms with Crippen molar-refractivity contribution < 1.29 is 18.0 Å². The van der Waals surface area contributed by atoms with Crippen molar-refractivity contribution in [1.82, 2.24) is 4.72 Å². The zero-order chi connectivity index (χ0) is 18.0. The van der Waals surface area contributed by atoms with Gasteiger partial charge in [-0.25, -0.2) is 18.0 Å². The maximum absolute atomic E-state index is 12.4. The fourth-order valence-corrected chi connectivity index (χ4v) is 3.74. The van der Waals surface area contributed by atoms with Crippen molar-refractivity contribution in [2.24, 2.45) is 0 Å². The van der Waals surface area contributed by atoms with E-state index in [2.05, 4.69) is 4.72 Å². The molecule has 2 aromatic rings. The Kier molecular flexibility index (Phi) is 4.69. The highest BCUT2D eigenvalue weighted by Gasteiger charge is 2.36. The second-order valence-corrected chi connectivity index (χ2v) is 7.50. The van der Waals surface area contributed by atoms with E-state index in [1.165, 1.54) is 24.3 Å². The van der Waals surface area contributed by atoms with Crippen LogP contribution in [0, 0.1) is 0 Å². The summed E-state index contributed by atoms with van der Waals surface area (Å²) in [6.07, 6.45) is 1.65. The molecule has 1 aliphatic rings. The second-order valence-electron chi connectivity index (χ2n) is 5.74. The monoisotopic (exact) mass is 358 g/mol. The van der Waals surface area contributed by atoms with Crippen LogP contribution in [-0.4, -0.2) is 26.8 Å². The molecule has 0 atom stereocenters. The molecule has 0 saturated carbocycles. The molecule has 0 spiro atoms. The number of nitrogens with one attached hydrogen (secondary N) is 1. The summed E-state index contributed by atoms with van der Waals surface area (Å²) in [5, 5.41) is 0. The van der Waals surface area contributed by atoms with Crippen molar-refractivity contribution in [3.05, 3.63) is 59.7 Å². The summed E-state index contributed by atoms with van der Waals surface area (Å²) in [5.74, 6) is -0.811. The van der Waals surface area contributed by atoms with Gasteiger partial charge in [0.05, 0.1) is 21.7 Å². The van der Waals surface area contributed by atoms with Gasteiger partial charge in [-0.2, -0.15) is 0 Å². The van der Waals surface area contributed by atoms with Crippen molar-refractivity contribution in [2.75, 3.05) is 11.4 Å². The molecule has 7 heteroatoms. The molecule has 0 saturated heterocycles. The van der Waals surface area contributed by atoms with Crippen LogP contribution in [0.3, 0.4) is 0 Å². The van der Waals surface area contributed by atoms with Crippen molar-refractivity contribution >= 4 is 27.5 Å². The molecule has 25 heavy (non-hydrogen) atoms. The summed E-state index contributed by atoms with van der Waals surface area (Å²) < 4.78 is 26.9. The van der Waals surface area contributed by atoms with Crippen molar-refractivity contribution in [1.29, 1.82) is 0 Å². The number of anilines is 1. The van der Waals surface area contributed by atoms with Crippen LogP contribution in [0.4, 0.5) is 5.69 Å². The molecule has 0 aromatic heterocycles. The van der Waals surface area contributed by atoms with Gasteiger partial charge in [-0.15, -0.1) is 0 Å². The highest BCUT2D eigenvalue weighted by atomic mass is 32.2. The van der Waals surface area contributed by atoms with Crippen molar-refractivity contribution in [3.63, 3.8) is 0 Å². The lowest BCUT2D eigenvalue weighted by Gasteiger charge is -2.14. The molecule has 1 aliphatic heterocycles. The van der Waals surface area contributed by atoms with Crippen LogP contribution in [0.15, 0.2) is 53.4 Å². The van der Waals surface area contributed by atoms with Crippen LogP contribution < -0.4 is 9.62 Å². The van der Waals surface area contributed by atoms with Gasteiger partial charge in [0.15, 0.2) is 0 Å². The Hall–Kier alpha value is -2.51. The highest BCUT2D eigenvalue weighted by Crippen LogP contribution is 2.28. The largest absolute Gasteiger partial charge is 0.268 e. The number of carbonyl (C=O) groups is 2. The predicted molar refractivity (Wildman–Crippen MR) is 94.1 cm³/mol. The summed E-state index contributed by atoms with van der Waals surface area (Å²) in [6.45, 7) is 2.35. The van der Waals surface area contributed by atoms with Gasteiger partial charge in [0, 0.05) is 6.54 Å². The number of imide groups is 1. The number of hydrogen-bond donors (Lipinski definition) is 1. The Morgan fingerprint density at radius 3 is 2.00 bits per heavy atom. The van der Waals surface area contributed by atoms with Gasteiger partial charge in [-0.3, -0.25) is 9.59 Å². The first kappa shape index (κ1) is 17.3. The average molecular weight is 358 g/mol. The van der Waals surface area contributed by atoms with Gasteiger partial charge in [0.2, 0.25) is 10.0 Å². The molecule has 2 aromatic carbocycles. The van der Waals surface area contributed by atoms with Crippen LogP contribution in [0.25, 0.3) is 0 Å². The summed E-state index contributed by atoms with van der Waals surface area (Å²) >= 11 is 0. The second kappa shape index (κ2) is 6.78. The summed E-state index contributed by atoms with van der Waals surface area (Å²) in [5.41, 5.74) is 1.05. The van der Waals surface area contributed by atoms with Crippen LogP contribution in [0.2, 0.25) is 0 Å². The zero-order valence-electron chi connectivity index (χ0n) is 13.7. The topological polar surface area (TPSA) is 83.6 Å². The molecule has 6 nitrogen and oxygen atoms in total. The predicted octanol–water partition coefficient (Wildman–Crippen LogP) is 2.57. The van der Waals surface area contributed by atoms with E-state index in [1.54, 1.807) is 24.3 Å². The van der Waals surface area contributed by atoms with E-state index in [4.69, 9.17) is 0 Å². The minimum atomic E-state index is -3.59. The number of carbonyl (C=O) groups excluding carboxylic acids is 2. The third-order valence-corrected chi connectivity index (χ3v) is 5.50. The summed E-state index contributed by atoms with van der Waals surface area (Å²) in [6, 6.07) is 12.3. The van der Waals surface area contributed by atoms with E-state index in [1.807, 2.05) is 6.92 Å². The normalized spacial score (nSPS) is 14.0. The minimum absolute atomic E-state index is 0.101. The first-order valence-electron chi connectivity index (χ1n) is 8.03. The number of amides is 2. The Morgan fingerprint density at radius 1 is 0.920 bits per heavy atom. The molecule has 3 rings (SSSR count). The van der Waals surface area contributed by atoms with Gasteiger partial charge >= 0.3 is 0 Å². The number of fused-ring (bicyclic) bond motifs is 1. The number of unbranched alkanes of at least 4 members (excludes halogenated alkanes) is 1. The molecule has 0 aliphatic carbocycles. The fourth-order valence-electron chi connectivity index (χ4n) is 2.66. The van der Waals surface area contributed by atoms with Crippen LogP contribution in [-0.2, 0) is 10.0 Å². The molecule has 0 bridgehead atoms. The molecule has 2 amide bonds. The standard InChI is InChI=1S/C18H18N2O4S/c1-2-3-12-19-25(23,24)14-10-8-13(9-11-14)20-17(21)15-6-4-5-7-16(15)18(20)22/h4-11,19H,2-3,12H2,1H3. The van der Waals surface area contributed by atoms with Crippen LogP contribution in [0.1, 0.15) is 40.5 Å². The molecule has 0 unspecified atom stereocenters. The first-order chi connectivity index (χ1) is 12.0. The maximum atomic E-state index is 12.4. The molecule has 130 valence electrons. The summed E-state index contributed by atoms with van der Waals surface area (Å²) in [7, 11) is -3.59. The van der Waals surface area contributed by atoms with Crippen LogP contribution in [0.5, 0.6) is 0 Å². The Balaban J connectivity index is 1.84. The molecular formula is C18H18N2O4S. The number of hydrogen-bond acceptors (Lipinski definition) is 4. The fraction of sp³-hybridized carbons (Fsp3) is 0.222. The first-order valence-corrected chi connectivity index (χ1v) is 9.51. The zero-order valence-corrected chi connectivity index (χ0v) is 14.5. The van der Waals surface area contributed by atoms with E-state index in [-0.39, 0.29) is 4.90 Å². The van der Waals surface area contributed by atoms with E-state index in [0.29, 0.717) is 23.4 Å². The average Bonchev–Trinajstić information content (AvgIpc) is 2.87. The summed E-state index contributed by atoms with van der Waals surface area (Å²) in [4.78, 5) is 26.0. The molecule has 1 heterocycles. The molecule has 0 radical (unpaired) electrons. The quantitative estimate of drug-likeness (QED) is 0.635. The molecule has 0 fully saturated rings. The van der Waals surface area contributed by atoms with E-state index in [0.717, 1.165) is 17.7 Å². The minimum Gasteiger partial charge on any atom is -0.268 e. The van der Waals surface area contributed by atoms with Crippen molar-refractivity contribution in [2.45, 2.75) is 24.7 Å². The third kappa shape index (κ3) is 3.20. The highest BCUT2D eigenvalue weighted by molar-refractivity contribution is 7.89. The lowest BCUT2D eigenvalue weighted by molar-refractivity contribution is 0.0926. The van der Waals surface area contributed by atoms with E-state index >= 15 is 0 Å². The molecular weight excluding hydrogens is 340 g/mol. The number of benzene rings is 2. The van der Waals surface area contributed by atoms with Gasteiger partial charge in [-0.05, 0) is 42.8 Å². The number of rotatable bonds is 6. The van der Waals surface area contributed by atoms with Crippen LogP contribution >= 0.6 is 0 Å². The third-order valence-electron chi connectivity index (χ3n) is 4.02. The molecule has 1 N–H and O–H groups in total. The van der Waals surface area contributed by atoms with Gasteiger partial charge in [0.1, 0.15) is 0 Å². The van der Waals surface area contributed by atoms with Gasteiger partial charge in [-0.1, -0.05) is 25.5 Å². The van der Waals surface area contributed by atoms with E-state index < -0.39 is 21.8 Å². The number of sulfonamides is 1. The van der Waals surface area contributed by atoms with Gasteiger partial charge < -0.3 is 0 Å². The number of nitrogens with zero attached hydrogens (tertiary/aromatic N) is 1. The van der Waals surface area contributed by atoms with E-state index in [9.17, 15) is 18.0 Å². The Bertz CT molecular complexity index is 885. The Morgan fingerprint density at radius 2 is 1.48 bits per heavy atom. The van der Waals surface area contributed by atoms with Gasteiger partial charge in [0.25, 0.3) is 11.8 Å². The smallest absolute Gasteiger partial charge is 0.266 e. The maximum Gasteiger partial charge on any atom is 0.266 e. The lowest BCUT2D eigenvalue weighted by atomic mass is 10.1. The Labute approximate surface area is 146 Å². The SMILES string of the molecule is CCCCNS(=O)(=O)c1ccc(N2C(=O)c3ccccc3C2=O)cc1. The lowest BCUT2D eigenvalue weighted by Crippen LogP contribution is -2.29. The van der Waals surface area contributed by atoms with Crippen molar-refractivity contribution in [3.8, 4) is 0 Å².